The lowest BCUT2D eigenvalue weighted by Gasteiger charge is -2.31. The number of piperidine rings is 1. The van der Waals surface area contributed by atoms with E-state index in [-0.39, 0.29) is 17.7 Å². The van der Waals surface area contributed by atoms with E-state index in [1.54, 1.807) is 6.20 Å². The molecule has 2 amide bonds. The van der Waals surface area contributed by atoms with Gasteiger partial charge in [0.1, 0.15) is 5.69 Å². The Bertz CT molecular complexity index is 783. The van der Waals surface area contributed by atoms with Crippen LogP contribution < -0.4 is 5.32 Å². The molecule has 0 unspecified atom stereocenters. The number of para-hydroxylation sites is 1. The van der Waals surface area contributed by atoms with E-state index < -0.39 is 0 Å². The number of hydrogen-bond donors (Lipinski definition) is 1. The molecule has 2 heterocycles. The Morgan fingerprint density at radius 2 is 1.93 bits per heavy atom. The van der Waals surface area contributed by atoms with Gasteiger partial charge in [0, 0.05) is 31.2 Å². The maximum Gasteiger partial charge on any atom is 0.272 e. The number of likely N-dealkylation sites (tertiary alicyclic amines) is 1. The highest BCUT2D eigenvalue weighted by Gasteiger charge is 2.29. The van der Waals surface area contributed by atoms with Crippen LogP contribution in [-0.2, 0) is 4.79 Å². The molecule has 0 bridgehead atoms. The molecule has 2 aromatic rings. The third-order valence-electron chi connectivity index (χ3n) is 4.85. The first-order valence-electron chi connectivity index (χ1n) is 9.39. The molecule has 0 spiro atoms. The van der Waals surface area contributed by atoms with E-state index >= 15 is 0 Å². The van der Waals surface area contributed by atoms with Crippen molar-refractivity contribution in [3.8, 4) is 5.69 Å². The molecule has 1 fully saturated rings. The number of thioether (sulfide) groups is 1. The van der Waals surface area contributed by atoms with E-state index in [4.69, 9.17) is 0 Å². The van der Waals surface area contributed by atoms with E-state index in [2.05, 4.69) is 10.3 Å². The Kier molecular flexibility index (Phi) is 6.55. The Balaban J connectivity index is 1.73. The third-order valence-corrected chi connectivity index (χ3v) is 5.50. The van der Waals surface area contributed by atoms with Crippen LogP contribution in [0.2, 0.25) is 0 Å². The normalized spacial score (nSPS) is 15.0. The molecule has 6 nitrogen and oxygen atoms in total. The van der Waals surface area contributed by atoms with E-state index in [0.717, 1.165) is 17.3 Å². The summed E-state index contributed by atoms with van der Waals surface area (Å²) in [6, 6.07) is 9.81. The van der Waals surface area contributed by atoms with Gasteiger partial charge in [-0.05, 0) is 37.7 Å². The molecule has 1 aliphatic rings. The molecule has 1 aromatic heterocycles. The number of nitrogens with zero attached hydrogens (tertiary/aromatic N) is 3. The van der Waals surface area contributed by atoms with Crippen molar-refractivity contribution in [2.24, 2.45) is 5.92 Å². The first-order valence-corrected chi connectivity index (χ1v) is 10.6. The minimum Gasteiger partial charge on any atom is -0.356 e. The molecule has 0 radical (unpaired) electrons. The van der Waals surface area contributed by atoms with Crippen LogP contribution in [-0.4, -0.2) is 52.2 Å². The Morgan fingerprint density at radius 1 is 1.22 bits per heavy atom. The molecule has 0 saturated carbocycles. The minimum absolute atomic E-state index is 0.00129. The average molecular weight is 387 g/mol. The molecule has 0 atom stereocenters. The fourth-order valence-electron chi connectivity index (χ4n) is 3.36. The van der Waals surface area contributed by atoms with Gasteiger partial charge in [0.05, 0.1) is 6.20 Å². The highest BCUT2D eigenvalue weighted by molar-refractivity contribution is 7.98. The van der Waals surface area contributed by atoms with E-state index in [1.165, 1.54) is 11.8 Å². The molecular formula is C20H26N4O2S. The molecule has 0 aliphatic carbocycles. The van der Waals surface area contributed by atoms with Crippen molar-refractivity contribution < 1.29 is 9.59 Å². The molecule has 1 N–H and O–H groups in total. The lowest BCUT2D eigenvalue weighted by Crippen LogP contribution is -2.43. The Hall–Kier alpha value is -2.28. The number of benzene rings is 1. The third kappa shape index (κ3) is 4.35. The Morgan fingerprint density at radius 3 is 2.56 bits per heavy atom. The SMILES string of the molecule is CCCNC(=O)C1CCN(C(=O)c2cnc(SC)n2-c2ccccc2)CC1. The van der Waals surface area contributed by atoms with Crippen LogP contribution in [0, 0.1) is 5.92 Å². The van der Waals surface area contributed by atoms with Crippen molar-refractivity contribution in [3.63, 3.8) is 0 Å². The van der Waals surface area contributed by atoms with Gasteiger partial charge in [-0.15, -0.1) is 0 Å². The molecule has 7 heteroatoms. The standard InChI is InChI=1S/C20H26N4O2S/c1-3-11-21-18(25)15-9-12-23(13-10-15)19(26)17-14-22-20(27-2)24(17)16-7-5-4-6-8-16/h4-8,14-15H,3,9-13H2,1-2H3,(H,21,25). The van der Waals surface area contributed by atoms with Crippen LogP contribution in [0.3, 0.4) is 0 Å². The smallest absolute Gasteiger partial charge is 0.272 e. The van der Waals surface area contributed by atoms with E-state index in [9.17, 15) is 9.59 Å². The van der Waals surface area contributed by atoms with Gasteiger partial charge in [-0.1, -0.05) is 36.9 Å². The molecule has 27 heavy (non-hydrogen) atoms. The number of nitrogens with one attached hydrogen (secondary N) is 1. The van der Waals surface area contributed by atoms with Crippen LogP contribution in [0.5, 0.6) is 0 Å². The summed E-state index contributed by atoms with van der Waals surface area (Å²) in [5.41, 5.74) is 1.50. The lowest BCUT2D eigenvalue weighted by atomic mass is 9.95. The summed E-state index contributed by atoms with van der Waals surface area (Å²) in [5, 5.41) is 3.75. The van der Waals surface area contributed by atoms with Crippen LogP contribution in [0.25, 0.3) is 5.69 Å². The largest absolute Gasteiger partial charge is 0.356 e. The summed E-state index contributed by atoms with van der Waals surface area (Å²) in [5.74, 6) is 0.0865. The highest BCUT2D eigenvalue weighted by atomic mass is 32.2. The number of rotatable bonds is 6. The second kappa shape index (κ2) is 9.08. The quantitative estimate of drug-likeness (QED) is 0.775. The molecular weight excluding hydrogens is 360 g/mol. The maximum atomic E-state index is 13.1. The Labute approximate surface area is 164 Å². The second-order valence-electron chi connectivity index (χ2n) is 6.66. The molecule has 1 aromatic carbocycles. The fraction of sp³-hybridized carbons (Fsp3) is 0.450. The number of amides is 2. The van der Waals surface area contributed by atoms with Gasteiger partial charge in [0.25, 0.3) is 5.91 Å². The summed E-state index contributed by atoms with van der Waals surface area (Å²) in [6.07, 6.45) is 5.95. The molecule has 1 saturated heterocycles. The monoisotopic (exact) mass is 386 g/mol. The van der Waals surface area contributed by atoms with E-state index in [0.29, 0.717) is 38.2 Å². The van der Waals surface area contributed by atoms with E-state index in [1.807, 2.05) is 53.0 Å². The number of hydrogen-bond acceptors (Lipinski definition) is 4. The van der Waals surface area contributed by atoms with Crippen molar-refractivity contribution >= 4 is 23.6 Å². The van der Waals surface area contributed by atoms with Gasteiger partial charge in [-0.3, -0.25) is 14.2 Å². The zero-order valence-corrected chi connectivity index (χ0v) is 16.7. The molecule has 1 aliphatic heterocycles. The van der Waals surface area contributed by atoms with Gasteiger partial charge in [0.2, 0.25) is 5.91 Å². The van der Waals surface area contributed by atoms with Gasteiger partial charge < -0.3 is 10.2 Å². The highest BCUT2D eigenvalue weighted by Crippen LogP contribution is 2.24. The van der Waals surface area contributed by atoms with Gasteiger partial charge in [-0.25, -0.2) is 4.98 Å². The first kappa shape index (κ1) is 19.5. The van der Waals surface area contributed by atoms with Gasteiger partial charge in [-0.2, -0.15) is 0 Å². The number of aromatic nitrogens is 2. The molecule has 3 rings (SSSR count). The topological polar surface area (TPSA) is 67.2 Å². The number of imidazole rings is 1. The zero-order valence-electron chi connectivity index (χ0n) is 15.9. The first-order chi connectivity index (χ1) is 13.2. The van der Waals surface area contributed by atoms with Gasteiger partial charge >= 0.3 is 0 Å². The summed E-state index contributed by atoms with van der Waals surface area (Å²) >= 11 is 1.52. The minimum atomic E-state index is -0.0286. The summed E-state index contributed by atoms with van der Waals surface area (Å²) in [4.78, 5) is 31.5. The van der Waals surface area contributed by atoms with Crippen molar-refractivity contribution in [1.82, 2.24) is 19.8 Å². The van der Waals surface area contributed by atoms with Crippen molar-refractivity contribution in [2.75, 3.05) is 25.9 Å². The van der Waals surface area contributed by atoms with Crippen molar-refractivity contribution in [3.05, 3.63) is 42.2 Å². The van der Waals surface area contributed by atoms with Crippen LogP contribution >= 0.6 is 11.8 Å². The maximum absolute atomic E-state index is 13.1. The number of carbonyl (C=O) groups is 2. The second-order valence-corrected chi connectivity index (χ2v) is 7.43. The van der Waals surface area contributed by atoms with Crippen LogP contribution in [0.4, 0.5) is 0 Å². The van der Waals surface area contributed by atoms with Crippen molar-refractivity contribution in [2.45, 2.75) is 31.3 Å². The summed E-state index contributed by atoms with van der Waals surface area (Å²) in [7, 11) is 0. The molecule has 144 valence electrons. The van der Waals surface area contributed by atoms with Crippen LogP contribution in [0.1, 0.15) is 36.7 Å². The summed E-state index contributed by atoms with van der Waals surface area (Å²) in [6.45, 7) is 3.95. The van der Waals surface area contributed by atoms with Crippen LogP contribution in [0.15, 0.2) is 41.7 Å². The van der Waals surface area contributed by atoms with Gasteiger partial charge in [0.15, 0.2) is 5.16 Å². The summed E-state index contributed by atoms with van der Waals surface area (Å²) < 4.78 is 1.91. The fourth-order valence-corrected chi connectivity index (χ4v) is 3.90. The zero-order chi connectivity index (χ0) is 19.2. The predicted octanol–water partition coefficient (Wildman–Crippen LogP) is 2.97. The number of carbonyl (C=O) groups excluding carboxylic acids is 2. The van der Waals surface area contributed by atoms with Crippen molar-refractivity contribution in [1.29, 1.82) is 0 Å². The predicted molar refractivity (Wildman–Crippen MR) is 107 cm³/mol. The average Bonchev–Trinajstić information content (AvgIpc) is 3.16. The lowest BCUT2D eigenvalue weighted by molar-refractivity contribution is -0.126.